The molecule has 0 aliphatic carbocycles. The standard InChI is InChI=1S/C12H5Br2Cl2N2O2S/c13-4-3-5(14)12-10(11(4)18(19)20)17-9-7(21-12)2-1-6(15)8(9)16/h1-3,17,19H/q-1. The topological polar surface area (TPSA) is 58.6 Å². The van der Waals surface area contributed by atoms with Crippen LogP contribution < -0.4 is 10.5 Å². The zero-order valence-corrected chi connectivity index (χ0v) is 15.5. The maximum atomic E-state index is 11.4. The van der Waals surface area contributed by atoms with Crippen molar-refractivity contribution in [2.45, 2.75) is 9.79 Å². The first-order valence-corrected chi connectivity index (χ1v) is 8.67. The summed E-state index contributed by atoms with van der Waals surface area (Å²) in [7, 11) is 0. The van der Waals surface area contributed by atoms with Gasteiger partial charge in [-0.1, -0.05) is 35.0 Å². The van der Waals surface area contributed by atoms with Crippen LogP contribution in [-0.4, -0.2) is 5.21 Å². The van der Waals surface area contributed by atoms with E-state index in [2.05, 4.69) is 37.2 Å². The minimum atomic E-state index is -0.188. The average molecular weight is 472 g/mol. The fourth-order valence-electron chi connectivity index (χ4n) is 1.96. The third-order valence-electron chi connectivity index (χ3n) is 2.87. The second-order valence-electron chi connectivity index (χ2n) is 4.13. The number of nitrogens with zero attached hydrogens (tertiary/aromatic N) is 1. The molecule has 0 spiro atoms. The second kappa shape index (κ2) is 5.81. The van der Waals surface area contributed by atoms with Gasteiger partial charge in [0, 0.05) is 13.8 Å². The van der Waals surface area contributed by atoms with E-state index >= 15 is 0 Å². The number of benzene rings is 2. The molecular weight excluding hydrogens is 467 g/mol. The highest BCUT2D eigenvalue weighted by Crippen LogP contribution is 2.55. The monoisotopic (exact) mass is 469 g/mol. The number of hydrogen-bond acceptors (Lipinski definition) is 5. The molecule has 0 unspecified atom stereocenters. The molecular formula is C12H5Br2Cl2N2O2S-. The molecule has 2 aromatic rings. The van der Waals surface area contributed by atoms with Crippen LogP contribution in [-0.2, 0) is 0 Å². The van der Waals surface area contributed by atoms with E-state index in [-0.39, 0.29) is 10.9 Å². The molecule has 1 aliphatic heterocycles. The number of anilines is 3. The van der Waals surface area contributed by atoms with E-state index in [4.69, 9.17) is 23.2 Å². The fourth-order valence-corrected chi connectivity index (χ4v) is 4.96. The first-order valence-electron chi connectivity index (χ1n) is 5.51. The lowest BCUT2D eigenvalue weighted by atomic mass is 10.2. The van der Waals surface area contributed by atoms with Crippen LogP contribution in [0.25, 0.3) is 0 Å². The molecule has 0 aromatic heterocycles. The van der Waals surface area contributed by atoms with Crippen LogP contribution in [0.1, 0.15) is 0 Å². The van der Waals surface area contributed by atoms with E-state index in [1.807, 2.05) is 6.07 Å². The number of hydrogen-bond donors (Lipinski definition) is 2. The molecule has 0 radical (unpaired) electrons. The molecule has 4 nitrogen and oxygen atoms in total. The molecule has 0 fully saturated rings. The third-order valence-corrected chi connectivity index (χ3v) is 6.36. The lowest BCUT2D eigenvalue weighted by molar-refractivity contribution is 0.296. The van der Waals surface area contributed by atoms with E-state index in [1.54, 1.807) is 12.1 Å². The van der Waals surface area contributed by atoms with Gasteiger partial charge in [0.05, 0.1) is 32.0 Å². The Kier molecular flexibility index (Phi) is 4.35. The first kappa shape index (κ1) is 15.7. The third kappa shape index (κ3) is 2.65. The van der Waals surface area contributed by atoms with Gasteiger partial charge in [0.15, 0.2) is 0 Å². The Bertz CT molecular complexity index is 759. The van der Waals surface area contributed by atoms with Gasteiger partial charge in [0.2, 0.25) is 0 Å². The summed E-state index contributed by atoms with van der Waals surface area (Å²) in [5, 5.41) is 24.4. The maximum absolute atomic E-state index is 11.4. The van der Waals surface area contributed by atoms with Crippen LogP contribution in [0.3, 0.4) is 0 Å². The van der Waals surface area contributed by atoms with Crippen molar-refractivity contribution in [1.29, 1.82) is 0 Å². The molecule has 1 aliphatic rings. The summed E-state index contributed by atoms with van der Waals surface area (Å²) in [5.74, 6) is 0. The quantitative estimate of drug-likeness (QED) is 0.401. The molecule has 110 valence electrons. The van der Waals surface area contributed by atoms with Crippen molar-refractivity contribution < 1.29 is 5.21 Å². The second-order valence-corrected chi connectivity index (χ2v) is 7.67. The summed E-state index contributed by atoms with van der Waals surface area (Å²) >= 11 is 20.4. The molecule has 2 N–H and O–H groups in total. The summed E-state index contributed by atoms with van der Waals surface area (Å²) < 4.78 is 1.23. The lowest BCUT2D eigenvalue weighted by Gasteiger charge is -2.31. The summed E-state index contributed by atoms with van der Waals surface area (Å²) in [6.07, 6.45) is 0. The van der Waals surface area contributed by atoms with Crippen LogP contribution in [0.2, 0.25) is 10.0 Å². The van der Waals surface area contributed by atoms with Gasteiger partial charge in [-0.3, -0.25) is 5.21 Å². The Labute approximate surface area is 151 Å². The molecule has 1 heterocycles. The van der Waals surface area contributed by atoms with E-state index < -0.39 is 0 Å². The van der Waals surface area contributed by atoms with Gasteiger partial charge in [0.25, 0.3) is 0 Å². The minimum Gasteiger partial charge on any atom is -0.733 e. The van der Waals surface area contributed by atoms with Gasteiger partial charge < -0.3 is 15.8 Å². The van der Waals surface area contributed by atoms with Crippen LogP contribution in [0.4, 0.5) is 17.1 Å². The number of halogens is 4. The Balaban J connectivity index is 2.24. The molecule has 0 atom stereocenters. The molecule has 3 rings (SSSR count). The van der Waals surface area contributed by atoms with E-state index in [1.165, 1.54) is 11.8 Å². The van der Waals surface area contributed by atoms with Gasteiger partial charge in [0.1, 0.15) is 0 Å². The highest BCUT2D eigenvalue weighted by atomic mass is 79.9. The number of fused-ring (bicyclic) bond motifs is 2. The predicted molar refractivity (Wildman–Crippen MR) is 93.3 cm³/mol. The Morgan fingerprint density at radius 3 is 2.57 bits per heavy atom. The Morgan fingerprint density at radius 2 is 1.90 bits per heavy atom. The smallest absolute Gasteiger partial charge is 0.0901 e. The number of rotatable bonds is 1. The summed E-state index contributed by atoms with van der Waals surface area (Å²) in [5.41, 5.74) is 1.13. The van der Waals surface area contributed by atoms with Crippen molar-refractivity contribution >= 4 is 83.9 Å². The normalized spacial score (nSPS) is 12.5. The SMILES string of the molecule is [O-]N(O)c1c(Br)cc(Br)c2c1Nc1c(ccc(Cl)c1Cl)S2. The zero-order valence-electron chi connectivity index (χ0n) is 9.95. The van der Waals surface area contributed by atoms with E-state index in [0.29, 0.717) is 25.9 Å². The average Bonchev–Trinajstić information content (AvgIpc) is 2.41. The van der Waals surface area contributed by atoms with Crippen LogP contribution in [0.15, 0.2) is 36.9 Å². The van der Waals surface area contributed by atoms with E-state index in [0.717, 1.165) is 14.3 Å². The molecule has 0 amide bonds. The maximum Gasteiger partial charge on any atom is 0.0901 e. The van der Waals surface area contributed by atoms with Gasteiger partial charge in [-0.15, -0.1) is 0 Å². The Morgan fingerprint density at radius 1 is 1.19 bits per heavy atom. The van der Waals surface area contributed by atoms with Crippen LogP contribution in [0.5, 0.6) is 0 Å². The Hall–Kier alpha value is -0.150. The van der Waals surface area contributed by atoms with Crippen molar-refractivity contribution in [1.82, 2.24) is 0 Å². The number of nitrogens with one attached hydrogen (secondary N) is 1. The van der Waals surface area contributed by atoms with Crippen molar-refractivity contribution in [3.63, 3.8) is 0 Å². The van der Waals surface area contributed by atoms with Gasteiger partial charge in [-0.25, -0.2) is 0 Å². The fraction of sp³-hybridized carbons (Fsp3) is 0. The summed E-state index contributed by atoms with van der Waals surface area (Å²) in [4.78, 5) is 1.65. The minimum absolute atomic E-state index is 0.0717. The van der Waals surface area contributed by atoms with Crippen molar-refractivity contribution in [2.24, 2.45) is 0 Å². The molecule has 0 saturated carbocycles. The molecule has 0 bridgehead atoms. The van der Waals surface area contributed by atoms with Crippen LogP contribution >= 0.6 is 66.8 Å². The largest absolute Gasteiger partial charge is 0.733 e. The highest BCUT2D eigenvalue weighted by Gasteiger charge is 2.25. The lowest BCUT2D eigenvalue weighted by Crippen LogP contribution is -2.13. The van der Waals surface area contributed by atoms with Crippen molar-refractivity contribution in [3.8, 4) is 0 Å². The van der Waals surface area contributed by atoms with Gasteiger partial charge in [-0.2, -0.15) is 0 Å². The van der Waals surface area contributed by atoms with Gasteiger partial charge in [-0.05, 0) is 50.1 Å². The summed E-state index contributed by atoms with van der Waals surface area (Å²) in [6, 6.07) is 5.25. The van der Waals surface area contributed by atoms with Gasteiger partial charge >= 0.3 is 0 Å². The zero-order chi connectivity index (χ0) is 15.3. The summed E-state index contributed by atoms with van der Waals surface area (Å²) in [6.45, 7) is 0. The van der Waals surface area contributed by atoms with Crippen molar-refractivity contribution in [2.75, 3.05) is 10.5 Å². The van der Waals surface area contributed by atoms with E-state index in [9.17, 15) is 10.4 Å². The first-order chi connectivity index (χ1) is 9.90. The predicted octanol–water partition coefficient (Wildman–Crippen LogP) is 6.42. The molecule has 2 aromatic carbocycles. The van der Waals surface area contributed by atoms with Crippen molar-refractivity contribution in [3.05, 3.63) is 42.4 Å². The van der Waals surface area contributed by atoms with Crippen LogP contribution in [0, 0.1) is 5.21 Å². The molecule has 21 heavy (non-hydrogen) atoms. The molecule has 9 heteroatoms. The molecule has 0 saturated heterocycles. The highest BCUT2D eigenvalue weighted by molar-refractivity contribution is 9.11.